The van der Waals surface area contributed by atoms with Gasteiger partial charge in [-0.15, -0.1) is 0 Å². The average Bonchev–Trinajstić information content (AvgIpc) is 2.99. The molecule has 0 radical (unpaired) electrons. The number of imidazole rings is 1. The zero-order chi connectivity index (χ0) is 17.8. The molecule has 25 heavy (non-hydrogen) atoms. The second-order valence-electron chi connectivity index (χ2n) is 6.43. The van der Waals surface area contributed by atoms with Crippen LogP contribution in [0.2, 0.25) is 0 Å². The van der Waals surface area contributed by atoms with Crippen LogP contribution in [0, 0.1) is 5.92 Å². The maximum atomic E-state index is 13.2. The molecule has 0 bridgehead atoms. The summed E-state index contributed by atoms with van der Waals surface area (Å²) in [5, 5.41) is 0. The van der Waals surface area contributed by atoms with Crippen LogP contribution in [0.3, 0.4) is 0 Å². The van der Waals surface area contributed by atoms with Crippen molar-refractivity contribution in [3.8, 4) is 0 Å². The van der Waals surface area contributed by atoms with Gasteiger partial charge in [0.2, 0.25) is 0 Å². The van der Waals surface area contributed by atoms with Gasteiger partial charge in [-0.05, 0) is 38.3 Å². The van der Waals surface area contributed by atoms with Crippen LogP contribution in [0.5, 0.6) is 0 Å². The van der Waals surface area contributed by atoms with Crippen molar-refractivity contribution in [1.82, 2.24) is 14.3 Å². The Labute approximate surface area is 147 Å². The molecular formula is C19H25N3O3. The van der Waals surface area contributed by atoms with Crippen LogP contribution < -0.4 is 0 Å². The minimum absolute atomic E-state index is 0.0452. The lowest BCUT2D eigenvalue weighted by atomic mass is 9.97. The summed E-state index contributed by atoms with van der Waals surface area (Å²) in [5.74, 6) is -0.477. The smallest absolute Gasteiger partial charge is 0.310 e. The van der Waals surface area contributed by atoms with Gasteiger partial charge in [0.25, 0.3) is 5.91 Å². The quantitative estimate of drug-likeness (QED) is 0.783. The number of amides is 1. The zero-order valence-electron chi connectivity index (χ0n) is 14.9. The van der Waals surface area contributed by atoms with Gasteiger partial charge in [-0.25, -0.2) is 4.98 Å². The number of fused-ring (bicyclic) bond motifs is 1. The summed E-state index contributed by atoms with van der Waals surface area (Å²) in [4.78, 5) is 31.7. The highest BCUT2D eigenvalue weighted by atomic mass is 16.5. The van der Waals surface area contributed by atoms with Crippen molar-refractivity contribution in [2.75, 3.05) is 19.7 Å². The van der Waals surface area contributed by atoms with E-state index in [4.69, 9.17) is 4.74 Å². The van der Waals surface area contributed by atoms with E-state index in [0.29, 0.717) is 25.4 Å². The van der Waals surface area contributed by atoms with Gasteiger partial charge in [0.1, 0.15) is 11.3 Å². The Morgan fingerprint density at radius 1 is 1.32 bits per heavy atom. The van der Waals surface area contributed by atoms with Crippen molar-refractivity contribution >= 4 is 17.5 Å². The van der Waals surface area contributed by atoms with Crippen molar-refractivity contribution in [2.45, 2.75) is 39.5 Å². The van der Waals surface area contributed by atoms with Gasteiger partial charge in [0.15, 0.2) is 0 Å². The molecular weight excluding hydrogens is 318 g/mol. The fourth-order valence-electron chi connectivity index (χ4n) is 3.45. The molecule has 0 aliphatic carbocycles. The minimum Gasteiger partial charge on any atom is -0.466 e. The average molecular weight is 343 g/mol. The lowest BCUT2D eigenvalue weighted by molar-refractivity contribution is -0.149. The first-order valence-corrected chi connectivity index (χ1v) is 9.07. The summed E-state index contributed by atoms with van der Waals surface area (Å²) < 4.78 is 7.00. The van der Waals surface area contributed by atoms with Gasteiger partial charge in [0, 0.05) is 19.3 Å². The molecule has 6 heteroatoms. The van der Waals surface area contributed by atoms with Gasteiger partial charge < -0.3 is 9.64 Å². The monoisotopic (exact) mass is 343 g/mol. The molecule has 6 nitrogen and oxygen atoms in total. The first kappa shape index (κ1) is 17.5. The van der Waals surface area contributed by atoms with Crippen LogP contribution in [-0.4, -0.2) is 45.9 Å². The molecule has 1 fully saturated rings. The summed E-state index contributed by atoms with van der Waals surface area (Å²) in [6.07, 6.45) is 5.15. The number of carbonyl (C=O) groups is 2. The molecule has 1 unspecified atom stereocenters. The van der Waals surface area contributed by atoms with Gasteiger partial charge in [0.05, 0.1) is 18.2 Å². The molecule has 2 aromatic rings. The Bertz CT molecular complexity index is 768. The molecule has 1 aliphatic rings. The predicted molar refractivity (Wildman–Crippen MR) is 94.4 cm³/mol. The molecule has 0 aromatic carbocycles. The molecule has 2 aromatic heterocycles. The highest BCUT2D eigenvalue weighted by Gasteiger charge is 2.32. The number of piperidine rings is 1. The molecule has 3 rings (SSSR count). The zero-order valence-corrected chi connectivity index (χ0v) is 14.9. The number of rotatable bonds is 5. The Morgan fingerprint density at radius 3 is 2.92 bits per heavy atom. The Morgan fingerprint density at radius 2 is 2.16 bits per heavy atom. The lowest BCUT2D eigenvalue weighted by Gasteiger charge is -2.31. The third-order valence-corrected chi connectivity index (χ3v) is 4.62. The van der Waals surface area contributed by atoms with Crippen LogP contribution in [0.4, 0.5) is 0 Å². The van der Waals surface area contributed by atoms with Crippen molar-refractivity contribution in [3.05, 3.63) is 35.8 Å². The van der Waals surface area contributed by atoms with E-state index in [-0.39, 0.29) is 17.8 Å². The SMILES string of the molecule is CCCc1nc2ccccn2c1C(=O)N1CCCC(C(=O)OCC)C1. The van der Waals surface area contributed by atoms with Gasteiger partial charge >= 0.3 is 5.97 Å². The highest BCUT2D eigenvalue weighted by molar-refractivity contribution is 5.95. The summed E-state index contributed by atoms with van der Waals surface area (Å²) in [5.41, 5.74) is 2.24. The summed E-state index contributed by atoms with van der Waals surface area (Å²) in [7, 11) is 0. The lowest BCUT2D eigenvalue weighted by Crippen LogP contribution is -2.43. The number of aryl methyl sites for hydroxylation is 1. The van der Waals surface area contributed by atoms with Crippen LogP contribution >= 0.6 is 0 Å². The third kappa shape index (κ3) is 3.52. The van der Waals surface area contributed by atoms with E-state index in [9.17, 15) is 9.59 Å². The van der Waals surface area contributed by atoms with Gasteiger partial charge in [-0.3, -0.25) is 14.0 Å². The number of ether oxygens (including phenoxy) is 1. The fraction of sp³-hybridized carbons (Fsp3) is 0.526. The van der Waals surface area contributed by atoms with E-state index >= 15 is 0 Å². The van der Waals surface area contributed by atoms with Crippen molar-refractivity contribution < 1.29 is 14.3 Å². The van der Waals surface area contributed by atoms with Crippen molar-refractivity contribution in [3.63, 3.8) is 0 Å². The molecule has 1 saturated heterocycles. The Hall–Kier alpha value is -2.37. The number of esters is 1. The molecule has 3 heterocycles. The molecule has 1 atom stereocenters. The van der Waals surface area contributed by atoms with E-state index in [2.05, 4.69) is 11.9 Å². The normalized spacial score (nSPS) is 17.7. The van der Waals surface area contributed by atoms with E-state index < -0.39 is 0 Å². The van der Waals surface area contributed by atoms with Crippen molar-refractivity contribution in [2.24, 2.45) is 5.92 Å². The standard InChI is InChI=1S/C19H25N3O3/c1-3-8-15-17(22-12-6-5-10-16(22)20-15)18(23)21-11-7-9-14(13-21)19(24)25-4-2/h5-6,10,12,14H,3-4,7-9,11,13H2,1-2H3. The van der Waals surface area contributed by atoms with E-state index in [1.165, 1.54) is 0 Å². The first-order valence-electron chi connectivity index (χ1n) is 9.07. The molecule has 1 aliphatic heterocycles. The van der Waals surface area contributed by atoms with Gasteiger partial charge in [-0.2, -0.15) is 0 Å². The molecule has 1 amide bonds. The Kier molecular flexibility index (Phi) is 5.36. The number of likely N-dealkylation sites (tertiary alicyclic amines) is 1. The number of carbonyl (C=O) groups excluding carboxylic acids is 2. The topological polar surface area (TPSA) is 63.9 Å². The van der Waals surface area contributed by atoms with Crippen LogP contribution in [0.15, 0.2) is 24.4 Å². The minimum atomic E-state index is -0.230. The maximum Gasteiger partial charge on any atom is 0.310 e. The van der Waals surface area contributed by atoms with Crippen LogP contribution in [-0.2, 0) is 16.0 Å². The fourth-order valence-corrected chi connectivity index (χ4v) is 3.45. The predicted octanol–water partition coefficient (Wildman–Crippen LogP) is 2.70. The number of aromatic nitrogens is 2. The van der Waals surface area contributed by atoms with E-state index in [0.717, 1.165) is 37.0 Å². The summed E-state index contributed by atoms with van der Waals surface area (Å²) in [6, 6.07) is 5.73. The number of pyridine rings is 1. The van der Waals surface area contributed by atoms with Crippen LogP contribution in [0.25, 0.3) is 5.65 Å². The summed E-state index contributed by atoms with van der Waals surface area (Å²) >= 11 is 0. The molecule has 0 N–H and O–H groups in total. The second kappa shape index (κ2) is 7.68. The highest BCUT2D eigenvalue weighted by Crippen LogP contribution is 2.22. The molecule has 0 saturated carbocycles. The second-order valence-corrected chi connectivity index (χ2v) is 6.43. The third-order valence-electron chi connectivity index (χ3n) is 4.62. The first-order chi connectivity index (χ1) is 12.2. The van der Waals surface area contributed by atoms with E-state index in [1.807, 2.05) is 28.8 Å². The maximum absolute atomic E-state index is 13.2. The number of nitrogens with zero attached hydrogens (tertiary/aromatic N) is 3. The van der Waals surface area contributed by atoms with Crippen molar-refractivity contribution in [1.29, 1.82) is 0 Å². The number of hydrogen-bond donors (Lipinski definition) is 0. The largest absolute Gasteiger partial charge is 0.466 e. The Balaban J connectivity index is 1.88. The molecule has 134 valence electrons. The van der Waals surface area contributed by atoms with E-state index in [1.54, 1.807) is 11.8 Å². The number of hydrogen-bond acceptors (Lipinski definition) is 4. The summed E-state index contributed by atoms with van der Waals surface area (Å²) in [6.45, 7) is 5.34. The van der Waals surface area contributed by atoms with Gasteiger partial charge in [-0.1, -0.05) is 19.4 Å². The molecule has 0 spiro atoms. The van der Waals surface area contributed by atoms with Crippen LogP contribution in [0.1, 0.15) is 49.3 Å².